The fourth-order valence-corrected chi connectivity index (χ4v) is 4.84. The van der Waals surface area contributed by atoms with Crippen LogP contribution >= 0.6 is 0 Å². The lowest BCUT2D eigenvalue weighted by Crippen LogP contribution is -2.42. The Bertz CT molecular complexity index is 866. The molecule has 0 spiro atoms. The number of aromatic nitrogens is 1. The van der Waals surface area contributed by atoms with Crippen molar-refractivity contribution in [2.75, 3.05) is 18.8 Å². The van der Waals surface area contributed by atoms with Crippen molar-refractivity contribution in [2.24, 2.45) is 5.92 Å². The minimum atomic E-state index is -4.47. The second-order valence-corrected chi connectivity index (χ2v) is 11.5. The lowest BCUT2D eigenvalue weighted by molar-refractivity contribution is -0.138. The first kappa shape index (κ1) is 23.6. The predicted molar refractivity (Wildman–Crippen MR) is 105 cm³/mol. The minimum absolute atomic E-state index is 0.0106. The van der Waals surface area contributed by atoms with E-state index in [9.17, 15) is 26.4 Å². The Morgan fingerprint density at radius 1 is 1.14 bits per heavy atom. The Morgan fingerprint density at radius 2 is 1.69 bits per heavy atom. The SMILES string of the molecule is Cc1c(C(F)(F)F)cnc(CC(=O)N2CCC(CS(=O)(=O)C(C)(C)C)CC2)c1C. The van der Waals surface area contributed by atoms with Crippen LogP contribution in [0.4, 0.5) is 13.2 Å². The standard InChI is InChI=1S/C20H29F3N2O3S/c1-13-14(2)17(24-11-16(13)20(21,22)23)10-18(26)25-8-6-15(7-9-25)12-29(27,28)19(3,4)5/h11,15H,6-10,12H2,1-5H3. The van der Waals surface area contributed by atoms with Crippen LogP contribution in [0.1, 0.15) is 56.0 Å². The summed E-state index contributed by atoms with van der Waals surface area (Å²) >= 11 is 0. The maximum absolute atomic E-state index is 13.0. The third kappa shape index (κ3) is 5.49. The number of hydrogen-bond donors (Lipinski definition) is 0. The molecule has 1 aliphatic heterocycles. The Hall–Kier alpha value is -1.64. The quantitative estimate of drug-likeness (QED) is 0.725. The summed E-state index contributed by atoms with van der Waals surface area (Å²) in [5, 5.41) is 0. The molecule has 0 radical (unpaired) electrons. The van der Waals surface area contributed by atoms with E-state index in [1.54, 1.807) is 32.6 Å². The molecule has 1 aromatic rings. The number of carbonyl (C=O) groups excluding carboxylic acids is 1. The summed E-state index contributed by atoms with van der Waals surface area (Å²) in [5.74, 6) is -0.0783. The van der Waals surface area contributed by atoms with Gasteiger partial charge in [-0.2, -0.15) is 13.2 Å². The van der Waals surface area contributed by atoms with Gasteiger partial charge in [0.2, 0.25) is 5.91 Å². The average molecular weight is 435 g/mol. The van der Waals surface area contributed by atoms with Gasteiger partial charge in [0.05, 0.1) is 28.2 Å². The first-order valence-electron chi connectivity index (χ1n) is 9.66. The van der Waals surface area contributed by atoms with E-state index >= 15 is 0 Å². The summed E-state index contributed by atoms with van der Waals surface area (Å²) in [6.07, 6.45) is -2.55. The maximum atomic E-state index is 13.0. The van der Waals surface area contributed by atoms with Gasteiger partial charge in [0.25, 0.3) is 0 Å². The number of alkyl halides is 3. The van der Waals surface area contributed by atoms with E-state index in [1.165, 1.54) is 6.92 Å². The first-order valence-corrected chi connectivity index (χ1v) is 11.3. The fraction of sp³-hybridized carbons (Fsp3) is 0.700. The van der Waals surface area contributed by atoms with Crippen molar-refractivity contribution in [3.05, 3.63) is 28.6 Å². The smallest absolute Gasteiger partial charge is 0.342 e. The van der Waals surface area contributed by atoms with Gasteiger partial charge >= 0.3 is 6.18 Å². The molecular weight excluding hydrogens is 405 g/mol. The van der Waals surface area contributed by atoms with E-state index in [0.29, 0.717) is 37.2 Å². The normalized spacial score (nSPS) is 16.9. The van der Waals surface area contributed by atoms with Crippen molar-refractivity contribution in [3.8, 4) is 0 Å². The average Bonchev–Trinajstić information content (AvgIpc) is 2.57. The highest BCUT2D eigenvalue weighted by molar-refractivity contribution is 7.92. The fourth-order valence-electron chi connectivity index (χ4n) is 3.38. The molecule has 1 aromatic heterocycles. The topological polar surface area (TPSA) is 67.3 Å². The Kier molecular flexibility index (Phi) is 6.72. The molecule has 9 heteroatoms. The minimum Gasteiger partial charge on any atom is -0.342 e. The third-order valence-electron chi connectivity index (χ3n) is 5.73. The largest absolute Gasteiger partial charge is 0.418 e. The van der Waals surface area contributed by atoms with Gasteiger partial charge in [0.15, 0.2) is 9.84 Å². The number of nitrogens with zero attached hydrogens (tertiary/aromatic N) is 2. The van der Waals surface area contributed by atoms with Crippen molar-refractivity contribution in [2.45, 2.75) is 64.8 Å². The molecule has 1 amide bonds. The van der Waals surface area contributed by atoms with E-state index < -0.39 is 26.3 Å². The van der Waals surface area contributed by atoms with Gasteiger partial charge in [0.1, 0.15) is 0 Å². The number of rotatable bonds is 4. The molecule has 2 rings (SSSR count). The molecule has 1 fully saturated rings. The Labute approximate surface area is 170 Å². The van der Waals surface area contributed by atoms with Crippen molar-refractivity contribution >= 4 is 15.7 Å². The number of hydrogen-bond acceptors (Lipinski definition) is 4. The third-order valence-corrected chi connectivity index (χ3v) is 8.50. The first-order chi connectivity index (χ1) is 13.1. The highest BCUT2D eigenvalue weighted by Gasteiger charge is 2.35. The van der Waals surface area contributed by atoms with Crippen LogP contribution < -0.4 is 0 Å². The molecule has 0 unspecified atom stereocenters. The molecule has 0 bridgehead atoms. The van der Waals surface area contributed by atoms with Crippen molar-refractivity contribution < 1.29 is 26.4 Å². The van der Waals surface area contributed by atoms with Gasteiger partial charge in [-0.3, -0.25) is 9.78 Å². The molecule has 1 saturated heterocycles. The summed E-state index contributed by atoms with van der Waals surface area (Å²) in [4.78, 5) is 18.1. The molecule has 29 heavy (non-hydrogen) atoms. The monoisotopic (exact) mass is 434 g/mol. The Morgan fingerprint density at radius 3 is 2.17 bits per heavy atom. The van der Waals surface area contributed by atoms with Crippen molar-refractivity contribution in [1.82, 2.24) is 9.88 Å². The van der Waals surface area contributed by atoms with Crippen LogP contribution in [0.25, 0.3) is 0 Å². The van der Waals surface area contributed by atoms with Gasteiger partial charge in [0, 0.05) is 19.3 Å². The van der Waals surface area contributed by atoms with Crippen molar-refractivity contribution in [1.29, 1.82) is 0 Å². The molecule has 0 aromatic carbocycles. The van der Waals surface area contributed by atoms with Crippen LogP contribution in [0.2, 0.25) is 0 Å². The molecule has 2 heterocycles. The van der Waals surface area contributed by atoms with E-state index in [2.05, 4.69) is 4.98 Å². The molecule has 0 N–H and O–H groups in total. The Balaban J connectivity index is 2.00. The lowest BCUT2D eigenvalue weighted by atomic mass is 9.98. The molecule has 0 aliphatic carbocycles. The molecular formula is C20H29F3N2O3S. The molecule has 5 nitrogen and oxygen atoms in total. The summed E-state index contributed by atoms with van der Waals surface area (Å²) in [6.45, 7) is 8.87. The zero-order valence-electron chi connectivity index (χ0n) is 17.6. The van der Waals surface area contributed by atoms with Crippen LogP contribution in [0, 0.1) is 19.8 Å². The predicted octanol–water partition coefficient (Wildman–Crippen LogP) is 3.71. The summed E-state index contributed by atoms with van der Waals surface area (Å²) in [7, 11) is -3.22. The number of carbonyl (C=O) groups is 1. The molecule has 0 atom stereocenters. The number of amides is 1. The zero-order valence-corrected chi connectivity index (χ0v) is 18.4. The summed E-state index contributed by atoms with van der Waals surface area (Å²) in [6, 6.07) is 0. The van der Waals surface area contributed by atoms with Crippen LogP contribution in [0.15, 0.2) is 6.20 Å². The molecule has 1 aliphatic rings. The summed E-state index contributed by atoms with van der Waals surface area (Å²) < 4.78 is 62.9. The number of halogens is 3. The lowest BCUT2D eigenvalue weighted by Gasteiger charge is -2.33. The van der Waals surface area contributed by atoms with Gasteiger partial charge in [-0.05, 0) is 64.5 Å². The van der Waals surface area contributed by atoms with E-state index in [0.717, 1.165) is 6.20 Å². The van der Waals surface area contributed by atoms with E-state index in [1.807, 2.05) is 0 Å². The number of piperidine rings is 1. The van der Waals surface area contributed by atoms with E-state index in [4.69, 9.17) is 0 Å². The molecule has 164 valence electrons. The molecule has 0 saturated carbocycles. The maximum Gasteiger partial charge on any atom is 0.418 e. The number of pyridine rings is 1. The van der Waals surface area contributed by atoms with E-state index in [-0.39, 0.29) is 29.6 Å². The second kappa shape index (κ2) is 8.24. The zero-order chi connectivity index (χ0) is 22.2. The van der Waals surface area contributed by atoms with Crippen molar-refractivity contribution in [3.63, 3.8) is 0 Å². The number of likely N-dealkylation sites (tertiary alicyclic amines) is 1. The number of sulfone groups is 1. The van der Waals surface area contributed by atoms with Crippen LogP contribution in [0.3, 0.4) is 0 Å². The van der Waals surface area contributed by atoms with Crippen LogP contribution in [-0.4, -0.2) is 47.8 Å². The van der Waals surface area contributed by atoms with Gasteiger partial charge in [-0.1, -0.05) is 0 Å². The highest BCUT2D eigenvalue weighted by Crippen LogP contribution is 2.33. The highest BCUT2D eigenvalue weighted by atomic mass is 32.2. The second-order valence-electron chi connectivity index (χ2n) is 8.76. The van der Waals surface area contributed by atoms with Crippen LogP contribution in [-0.2, 0) is 27.2 Å². The van der Waals surface area contributed by atoms with Gasteiger partial charge < -0.3 is 4.90 Å². The van der Waals surface area contributed by atoms with Gasteiger partial charge in [-0.15, -0.1) is 0 Å². The van der Waals surface area contributed by atoms with Crippen LogP contribution in [0.5, 0.6) is 0 Å². The summed E-state index contributed by atoms with van der Waals surface area (Å²) in [5.41, 5.74) is 0.0192. The van der Waals surface area contributed by atoms with Gasteiger partial charge in [-0.25, -0.2) is 8.42 Å².